The highest BCUT2D eigenvalue weighted by atomic mass is 127. The maximum atomic E-state index is 11.8. The standard InChI is InChI=1S/C18H31N3O4.HI/c1-8-19-16(20-10-15(22)25-17(4,5)6)21-11-18(7,23)14-9-12(2)24-13(14)3;/h9,23H,8,10-11H2,1-7H3,(H2,19,20,21);1H. The molecule has 8 heteroatoms. The van der Waals surface area contributed by atoms with Crippen LogP contribution in [0.3, 0.4) is 0 Å². The number of hydrogen-bond donors (Lipinski definition) is 3. The molecule has 3 N–H and O–H groups in total. The molecule has 7 nitrogen and oxygen atoms in total. The molecule has 0 spiro atoms. The van der Waals surface area contributed by atoms with Crippen molar-refractivity contribution in [2.24, 2.45) is 4.99 Å². The number of nitrogens with one attached hydrogen (secondary N) is 2. The molecule has 0 bridgehead atoms. The summed E-state index contributed by atoms with van der Waals surface area (Å²) < 4.78 is 10.7. The average Bonchev–Trinajstić information content (AvgIpc) is 2.80. The molecule has 1 unspecified atom stereocenters. The van der Waals surface area contributed by atoms with Crippen LogP contribution in [0.25, 0.3) is 0 Å². The number of esters is 1. The Morgan fingerprint density at radius 2 is 1.88 bits per heavy atom. The Kier molecular flexibility index (Phi) is 9.65. The zero-order chi connectivity index (χ0) is 19.3. The normalized spacial score (nSPS) is 14.2. The molecule has 1 aromatic rings. The number of furan rings is 1. The van der Waals surface area contributed by atoms with Crippen molar-refractivity contribution in [1.82, 2.24) is 10.6 Å². The van der Waals surface area contributed by atoms with Gasteiger partial charge >= 0.3 is 5.97 Å². The van der Waals surface area contributed by atoms with Crippen LogP contribution in [0.5, 0.6) is 0 Å². The van der Waals surface area contributed by atoms with E-state index < -0.39 is 17.2 Å². The number of aliphatic hydroxyl groups is 1. The van der Waals surface area contributed by atoms with E-state index in [1.54, 1.807) is 6.92 Å². The lowest BCUT2D eigenvalue weighted by molar-refractivity contribution is -0.152. The summed E-state index contributed by atoms with van der Waals surface area (Å²) in [5, 5.41) is 16.8. The van der Waals surface area contributed by atoms with Gasteiger partial charge in [0.15, 0.2) is 5.96 Å². The second-order valence-electron chi connectivity index (χ2n) is 7.24. The number of aliphatic imine (C=N–C) groups is 1. The van der Waals surface area contributed by atoms with Crippen LogP contribution >= 0.6 is 24.0 Å². The number of guanidine groups is 1. The van der Waals surface area contributed by atoms with Crippen LogP contribution in [0, 0.1) is 13.8 Å². The fourth-order valence-corrected chi connectivity index (χ4v) is 2.38. The smallest absolute Gasteiger partial charge is 0.328 e. The SMILES string of the molecule is CCNC(=NCC(=O)OC(C)(C)C)NCC(C)(O)c1cc(C)oc1C.I. The largest absolute Gasteiger partial charge is 0.466 e. The number of aryl methyl sites for hydroxylation is 2. The Morgan fingerprint density at radius 1 is 1.27 bits per heavy atom. The fraction of sp³-hybridized carbons (Fsp3) is 0.667. The van der Waals surface area contributed by atoms with Crippen LogP contribution in [0.1, 0.15) is 51.7 Å². The first-order chi connectivity index (χ1) is 11.4. The molecule has 0 amide bonds. The zero-order valence-corrected chi connectivity index (χ0v) is 19.1. The van der Waals surface area contributed by atoms with E-state index in [0.29, 0.717) is 18.3 Å². The molecule has 1 rings (SSSR count). The van der Waals surface area contributed by atoms with Gasteiger partial charge in [-0.3, -0.25) is 4.79 Å². The third-order valence-electron chi connectivity index (χ3n) is 3.35. The summed E-state index contributed by atoms with van der Waals surface area (Å²) in [5.74, 6) is 1.46. The van der Waals surface area contributed by atoms with Crippen LogP contribution in [-0.2, 0) is 15.1 Å². The molecular weight excluding hydrogens is 449 g/mol. The molecule has 0 saturated heterocycles. The first-order valence-electron chi connectivity index (χ1n) is 8.48. The molecule has 1 aromatic heterocycles. The molecule has 0 fully saturated rings. The summed E-state index contributed by atoms with van der Waals surface area (Å²) in [6, 6.07) is 1.82. The van der Waals surface area contributed by atoms with Crippen molar-refractivity contribution < 1.29 is 19.1 Å². The summed E-state index contributed by atoms with van der Waals surface area (Å²) in [7, 11) is 0. The van der Waals surface area contributed by atoms with Gasteiger partial charge in [0, 0.05) is 12.1 Å². The van der Waals surface area contributed by atoms with Gasteiger partial charge < -0.3 is 24.9 Å². The molecule has 0 radical (unpaired) electrons. The third kappa shape index (κ3) is 8.39. The number of ether oxygens (including phenoxy) is 1. The van der Waals surface area contributed by atoms with E-state index in [2.05, 4.69) is 15.6 Å². The van der Waals surface area contributed by atoms with Crippen molar-refractivity contribution in [3.8, 4) is 0 Å². The fourth-order valence-electron chi connectivity index (χ4n) is 2.38. The molecule has 0 aliphatic heterocycles. The van der Waals surface area contributed by atoms with Crippen LogP contribution in [0.4, 0.5) is 0 Å². The van der Waals surface area contributed by atoms with Gasteiger partial charge in [0.2, 0.25) is 0 Å². The Labute approximate surface area is 173 Å². The number of halogens is 1. The second-order valence-corrected chi connectivity index (χ2v) is 7.24. The van der Waals surface area contributed by atoms with Crippen molar-refractivity contribution in [3.05, 3.63) is 23.2 Å². The molecule has 1 atom stereocenters. The monoisotopic (exact) mass is 481 g/mol. The van der Waals surface area contributed by atoms with E-state index >= 15 is 0 Å². The summed E-state index contributed by atoms with van der Waals surface area (Å²) in [6.45, 7) is 13.5. The van der Waals surface area contributed by atoms with E-state index in [1.807, 2.05) is 47.6 Å². The van der Waals surface area contributed by atoms with E-state index in [1.165, 1.54) is 0 Å². The molecule has 1 heterocycles. The van der Waals surface area contributed by atoms with Crippen molar-refractivity contribution >= 4 is 35.9 Å². The first kappa shape index (κ1) is 24.7. The Morgan fingerprint density at radius 3 is 2.35 bits per heavy atom. The average molecular weight is 481 g/mol. The van der Waals surface area contributed by atoms with Gasteiger partial charge in [0.1, 0.15) is 29.3 Å². The predicted octanol–water partition coefficient (Wildman–Crippen LogP) is 2.62. The van der Waals surface area contributed by atoms with Crippen molar-refractivity contribution in [1.29, 1.82) is 0 Å². The number of nitrogens with zero attached hydrogens (tertiary/aromatic N) is 1. The lowest BCUT2D eigenvalue weighted by Gasteiger charge is -2.24. The maximum Gasteiger partial charge on any atom is 0.328 e. The van der Waals surface area contributed by atoms with Crippen molar-refractivity contribution in [3.63, 3.8) is 0 Å². The minimum absolute atomic E-state index is 0. The van der Waals surface area contributed by atoms with Crippen molar-refractivity contribution in [2.45, 2.75) is 59.7 Å². The number of rotatable bonds is 6. The van der Waals surface area contributed by atoms with Gasteiger partial charge in [0.05, 0.1) is 6.54 Å². The quantitative estimate of drug-likeness (QED) is 0.250. The highest BCUT2D eigenvalue weighted by Gasteiger charge is 2.28. The molecule has 0 aliphatic rings. The maximum absolute atomic E-state index is 11.8. The summed E-state index contributed by atoms with van der Waals surface area (Å²) in [6.07, 6.45) is 0. The highest BCUT2D eigenvalue weighted by Crippen LogP contribution is 2.26. The van der Waals surface area contributed by atoms with Gasteiger partial charge in [-0.2, -0.15) is 0 Å². The predicted molar refractivity (Wildman–Crippen MR) is 113 cm³/mol. The van der Waals surface area contributed by atoms with Crippen LogP contribution in [-0.4, -0.2) is 42.3 Å². The Balaban J connectivity index is 0.00000625. The van der Waals surface area contributed by atoms with E-state index in [0.717, 1.165) is 11.3 Å². The minimum atomic E-state index is -1.13. The van der Waals surface area contributed by atoms with Gasteiger partial charge in [0.25, 0.3) is 0 Å². The minimum Gasteiger partial charge on any atom is -0.466 e. The Bertz CT molecular complexity index is 618. The number of carbonyl (C=O) groups excluding carboxylic acids is 1. The first-order valence-corrected chi connectivity index (χ1v) is 8.48. The van der Waals surface area contributed by atoms with Crippen LogP contribution < -0.4 is 10.6 Å². The van der Waals surface area contributed by atoms with Gasteiger partial charge in [-0.05, 0) is 54.5 Å². The Hall–Kier alpha value is -1.29. The van der Waals surface area contributed by atoms with E-state index in [-0.39, 0.29) is 37.1 Å². The zero-order valence-electron chi connectivity index (χ0n) is 16.7. The van der Waals surface area contributed by atoms with E-state index in [4.69, 9.17) is 9.15 Å². The summed E-state index contributed by atoms with van der Waals surface area (Å²) in [5.41, 5.74) is -0.955. The molecule has 0 aromatic carbocycles. The lowest BCUT2D eigenvalue weighted by atomic mass is 9.96. The third-order valence-corrected chi connectivity index (χ3v) is 3.35. The van der Waals surface area contributed by atoms with Gasteiger partial charge in [-0.15, -0.1) is 24.0 Å². The van der Waals surface area contributed by atoms with Crippen LogP contribution in [0.2, 0.25) is 0 Å². The molecule has 150 valence electrons. The lowest BCUT2D eigenvalue weighted by Crippen LogP contribution is -2.45. The van der Waals surface area contributed by atoms with Gasteiger partial charge in [-0.25, -0.2) is 4.99 Å². The van der Waals surface area contributed by atoms with Crippen molar-refractivity contribution in [2.75, 3.05) is 19.6 Å². The molecule has 0 saturated carbocycles. The topological polar surface area (TPSA) is 96.1 Å². The van der Waals surface area contributed by atoms with E-state index in [9.17, 15) is 9.90 Å². The summed E-state index contributed by atoms with van der Waals surface area (Å²) in [4.78, 5) is 16.0. The highest BCUT2D eigenvalue weighted by molar-refractivity contribution is 14.0. The van der Waals surface area contributed by atoms with Crippen LogP contribution in [0.15, 0.2) is 15.5 Å². The van der Waals surface area contributed by atoms with Gasteiger partial charge in [-0.1, -0.05) is 0 Å². The number of carbonyl (C=O) groups is 1. The number of hydrogen-bond acceptors (Lipinski definition) is 5. The molecule has 0 aliphatic carbocycles. The molecular formula is C18H32IN3O4. The second kappa shape index (κ2) is 10.1. The molecule has 26 heavy (non-hydrogen) atoms. The summed E-state index contributed by atoms with van der Waals surface area (Å²) >= 11 is 0.